The Hall–Kier alpha value is -2.51. The van der Waals surface area contributed by atoms with Crippen LogP contribution in [0, 0.1) is 0 Å². The van der Waals surface area contributed by atoms with Gasteiger partial charge >= 0.3 is 6.18 Å². The summed E-state index contributed by atoms with van der Waals surface area (Å²) in [7, 11) is 0. The molecule has 8 heteroatoms. The van der Waals surface area contributed by atoms with Crippen LogP contribution in [-0.2, 0) is 6.18 Å². The molecule has 5 nitrogen and oxygen atoms in total. The van der Waals surface area contributed by atoms with Gasteiger partial charge in [0.25, 0.3) is 0 Å². The third-order valence-electron chi connectivity index (χ3n) is 3.57. The monoisotopic (exact) mass is 383 g/mol. The maximum absolute atomic E-state index is 13.2. The molecule has 0 aliphatic heterocycles. The van der Waals surface area contributed by atoms with E-state index in [-0.39, 0.29) is 5.95 Å². The fraction of sp³-hybridized carbons (Fsp3) is 0.474. The number of hydrogen-bond acceptors (Lipinski definition) is 5. The number of halogens is 3. The minimum Gasteiger partial charge on any atom is -0.491 e. The molecule has 0 N–H and O–H groups in total. The van der Waals surface area contributed by atoms with E-state index in [9.17, 15) is 13.2 Å². The number of benzene rings is 1. The second-order valence-corrected chi connectivity index (χ2v) is 6.11. The Balaban J connectivity index is 2.49. The number of para-hydroxylation sites is 2. The standard InChI is InChI=1S/C19H24F3N3O2/c1-5-11-26-16-10-8-7-9-15(16)25(6-2)18-23-12-14(19(20,21)22)17(24-18)27-13(3)4/h7-10,12-13H,5-6,11H2,1-4H3. The molecule has 0 saturated carbocycles. The molecule has 0 unspecified atom stereocenters. The van der Waals surface area contributed by atoms with Gasteiger partial charge in [-0.1, -0.05) is 19.1 Å². The quantitative estimate of drug-likeness (QED) is 0.625. The summed E-state index contributed by atoms with van der Waals surface area (Å²) in [4.78, 5) is 9.70. The third kappa shape index (κ3) is 5.24. The molecule has 148 valence electrons. The Kier molecular flexibility index (Phi) is 6.87. The third-order valence-corrected chi connectivity index (χ3v) is 3.57. The van der Waals surface area contributed by atoms with Crippen LogP contribution in [0.3, 0.4) is 0 Å². The van der Waals surface area contributed by atoms with Crippen LogP contribution in [0.2, 0.25) is 0 Å². The molecule has 1 aromatic carbocycles. The molecular formula is C19H24F3N3O2. The van der Waals surface area contributed by atoms with Gasteiger partial charge in [-0.15, -0.1) is 0 Å². The summed E-state index contributed by atoms with van der Waals surface area (Å²) in [5.41, 5.74) is -0.310. The molecule has 1 aromatic heterocycles. The van der Waals surface area contributed by atoms with Crippen molar-refractivity contribution in [3.8, 4) is 11.6 Å². The van der Waals surface area contributed by atoms with Crippen LogP contribution in [0.1, 0.15) is 39.7 Å². The van der Waals surface area contributed by atoms with Crippen molar-refractivity contribution in [2.75, 3.05) is 18.1 Å². The van der Waals surface area contributed by atoms with Gasteiger partial charge in [-0.2, -0.15) is 18.2 Å². The zero-order valence-corrected chi connectivity index (χ0v) is 15.9. The van der Waals surface area contributed by atoms with E-state index in [0.29, 0.717) is 24.6 Å². The van der Waals surface area contributed by atoms with Crippen LogP contribution in [0.5, 0.6) is 11.6 Å². The first-order valence-corrected chi connectivity index (χ1v) is 8.88. The van der Waals surface area contributed by atoms with E-state index in [0.717, 1.165) is 12.6 Å². The molecule has 0 bridgehead atoms. The van der Waals surface area contributed by atoms with Crippen molar-refractivity contribution < 1.29 is 22.6 Å². The number of alkyl halides is 3. The molecule has 0 saturated heterocycles. The van der Waals surface area contributed by atoms with Crippen molar-refractivity contribution in [1.29, 1.82) is 0 Å². The van der Waals surface area contributed by atoms with Crippen LogP contribution in [-0.4, -0.2) is 29.2 Å². The van der Waals surface area contributed by atoms with E-state index in [1.807, 2.05) is 38.1 Å². The fourth-order valence-corrected chi connectivity index (χ4v) is 2.43. The van der Waals surface area contributed by atoms with Gasteiger partial charge in [0.15, 0.2) is 0 Å². The first kappa shape index (κ1) is 20.8. The summed E-state index contributed by atoms with van der Waals surface area (Å²) in [6, 6.07) is 7.29. The lowest BCUT2D eigenvalue weighted by molar-refractivity contribution is -0.139. The van der Waals surface area contributed by atoms with Gasteiger partial charge in [-0.3, -0.25) is 0 Å². The summed E-state index contributed by atoms with van der Waals surface area (Å²) in [5.74, 6) is 0.262. The van der Waals surface area contributed by atoms with Crippen molar-refractivity contribution in [3.63, 3.8) is 0 Å². The zero-order valence-electron chi connectivity index (χ0n) is 15.9. The predicted octanol–water partition coefficient (Wildman–Crippen LogP) is 5.23. The molecule has 0 fully saturated rings. The first-order chi connectivity index (χ1) is 12.8. The number of rotatable bonds is 8. The van der Waals surface area contributed by atoms with Crippen molar-refractivity contribution in [2.45, 2.75) is 46.4 Å². The van der Waals surface area contributed by atoms with Crippen molar-refractivity contribution in [3.05, 3.63) is 36.0 Å². The van der Waals surface area contributed by atoms with Gasteiger partial charge in [-0.25, -0.2) is 4.98 Å². The maximum Gasteiger partial charge on any atom is 0.423 e. The largest absolute Gasteiger partial charge is 0.491 e. The van der Waals surface area contributed by atoms with Crippen molar-refractivity contribution in [2.24, 2.45) is 0 Å². The lowest BCUT2D eigenvalue weighted by atomic mass is 10.2. The number of aromatic nitrogens is 2. The number of hydrogen-bond donors (Lipinski definition) is 0. The molecule has 2 rings (SSSR count). The molecule has 0 atom stereocenters. The van der Waals surface area contributed by atoms with Gasteiger partial charge in [0, 0.05) is 12.7 Å². The van der Waals surface area contributed by atoms with Gasteiger partial charge in [0.2, 0.25) is 11.8 Å². The van der Waals surface area contributed by atoms with Gasteiger partial charge in [0.1, 0.15) is 11.3 Å². The Morgan fingerprint density at radius 1 is 1.15 bits per heavy atom. The average Bonchev–Trinajstić information content (AvgIpc) is 2.60. The summed E-state index contributed by atoms with van der Waals surface area (Å²) < 4.78 is 50.8. The Morgan fingerprint density at radius 2 is 1.85 bits per heavy atom. The average molecular weight is 383 g/mol. The summed E-state index contributed by atoms with van der Waals surface area (Å²) >= 11 is 0. The summed E-state index contributed by atoms with van der Waals surface area (Å²) in [6.07, 6.45) is -3.45. The van der Waals surface area contributed by atoms with Gasteiger partial charge in [-0.05, 0) is 39.3 Å². The molecule has 1 heterocycles. The highest BCUT2D eigenvalue weighted by Crippen LogP contribution is 2.38. The molecule has 0 aliphatic rings. The number of nitrogens with zero attached hydrogens (tertiary/aromatic N) is 3. The van der Waals surface area contributed by atoms with E-state index >= 15 is 0 Å². The number of ether oxygens (including phenoxy) is 2. The molecule has 0 aliphatic carbocycles. The lowest BCUT2D eigenvalue weighted by Gasteiger charge is -2.25. The molecule has 27 heavy (non-hydrogen) atoms. The van der Waals surface area contributed by atoms with E-state index in [1.165, 1.54) is 0 Å². The number of anilines is 2. The van der Waals surface area contributed by atoms with E-state index in [2.05, 4.69) is 9.97 Å². The molecule has 0 spiro atoms. The lowest BCUT2D eigenvalue weighted by Crippen LogP contribution is -2.22. The highest BCUT2D eigenvalue weighted by Gasteiger charge is 2.37. The fourth-order valence-electron chi connectivity index (χ4n) is 2.43. The van der Waals surface area contributed by atoms with Gasteiger partial charge < -0.3 is 14.4 Å². The minimum atomic E-state index is -4.60. The topological polar surface area (TPSA) is 47.5 Å². The normalized spacial score (nSPS) is 11.6. The summed E-state index contributed by atoms with van der Waals surface area (Å²) in [5, 5.41) is 0. The maximum atomic E-state index is 13.2. The highest BCUT2D eigenvalue weighted by molar-refractivity contribution is 5.65. The summed E-state index contributed by atoms with van der Waals surface area (Å²) in [6.45, 7) is 8.12. The van der Waals surface area contributed by atoms with Crippen LogP contribution in [0.15, 0.2) is 30.5 Å². The smallest absolute Gasteiger partial charge is 0.423 e. The van der Waals surface area contributed by atoms with Crippen molar-refractivity contribution in [1.82, 2.24) is 9.97 Å². The molecular weight excluding hydrogens is 359 g/mol. The van der Waals surface area contributed by atoms with Crippen molar-refractivity contribution >= 4 is 11.6 Å². The van der Waals surface area contributed by atoms with E-state index in [1.54, 1.807) is 18.7 Å². The molecule has 0 radical (unpaired) electrons. The first-order valence-electron chi connectivity index (χ1n) is 8.88. The zero-order chi connectivity index (χ0) is 20.0. The second-order valence-electron chi connectivity index (χ2n) is 6.11. The van der Waals surface area contributed by atoms with E-state index in [4.69, 9.17) is 9.47 Å². The highest BCUT2D eigenvalue weighted by atomic mass is 19.4. The minimum absolute atomic E-state index is 0.119. The predicted molar refractivity (Wildman–Crippen MR) is 97.7 cm³/mol. The second kappa shape index (κ2) is 8.92. The van der Waals surface area contributed by atoms with Crippen LogP contribution in [0.4, 0.5) is 24.8 Å². The Labute approximate surface area is 157 Å². The van der Waals surface area contributed by atoms with E-state index < -0.39 is 23.7 Å². The van der Waals surface area contributed by atoms with Crippen LogP contribution >= 0.6 is 0 Å². The van der Waals surface area contributed by atoms with Gasteiger partial charge in [0.05, 0.1) is 18.4 Å². The Bertz CT molecular complexity index is 751. The Morgan fingerprint density at radius 3 is 2.44 bits per heavy atom. The SMILES string of the molecule is CCCOc1ccccc1N(CC)c1ncc(C(F)(F)F)c(OC(C)C)n1. The van der Waals surface area contributed by atoms with Crippen LogP contribution < -0.4 is 14.4 Å². The molecule has 2 aromatic rings. The molecule has 0 amide bonds. The van der Waals surface area contributed by atoms with Crippen LogP contribution in [0.25, 0.3) is 0 Å².